The van der Waals surface area contributed by atoms with Crippen LogP contribution in [-0.4, -0.2) is 15.0 Å². The number of nitrogen functional groups attached to an aromatic ring is 1. The molecule has 0 spiro atoms. The molecule has 0 saturated heterocycles. The first-order valence-corrected chi connectivity index (χ1v) is 9.09. The summed E-state index contributed by atoms with van der Waals surface area (Å²) < 4.78 is 23.1. The van der Waals surface area contributed by atoms with Crippen molar-refractivity contribution in [3.63, 3.8) is 0 Å². The third-order valence-electron chi connectivity index (χ3n) is 4.27. The number of primary sulfonamides is 1. The molecule has 5 N–H and O–H groups in total. The van der Waals surface area contributed by atoms with Gasteiger partial charge in [-0.2, -0.15) is 0 Å². The van der Waals surface area contributed by atoms with E-state index in [1.165, 1.54) is 38.2 Å². The van der Waals surface area contributed by atoms with Gasteiger partial charge in [0.25, 0.3) is 0 Å². The maximum atomic E-state index is 11.6. The van der Waals surface area contributed by atoms with E-state index < -0.39 is 10.0 Å². The Morgan fingerprint density at radius 1 is 1.29 bits per heavy atom. The van der Waals surface area contributed by atoms with Crippen molar-refractivity contribution in [3.8, 4) is 0 Å². The van der Waals surface area contributed by atoms with E-state index >= 15 is 0 Å². The molecule has 1 saturated carbocycles. The molecule has 0 atom stereocenters. The van der Waals surface area contributed by atoms with Crippen LogP contribution in [0.4, 0.5) is 11.4 Å². The minimum atomic E-state index is -3.74. The van der Waals surface area contributed by atoms with Crippen LogP contribution in [0, 0.1) is 12.8 Å². The molecule has 6 heteroatoms. The highest BCUT2D eigenvalue weighted by Crippen LogP contribution is 2.29. The van der Waals surface area contributed by atoms with Crippen molar-refractivity contribution in [2.75, 3.05) is 17.6 Å². The number of nitrogens with one attached hydrogen (secondary N) is 1. The maximum Gasteiger partial charge on any atom is 0.238 e. The van der Waals surface area contributed by atoms with Crippen molar-refractivity contribution in [3.05, 3.63) is 17.7 Å². The van der Waals surface area contributed by atoms with Gasteiger partial charge >= 0.3 is 0 Å². The molecule has 5 nitrogen and oxygen atoms in total. The Bertz CT molecular complexity index is 593. The summed E-state index contributed by atoms with van der Waals surface area (Å²) in [6.45, 7) is 2.57. The monoisotopic (exact) mass is 311 g/mol. The molecule has 0 radical (unpaired) electrons. The molecular weight excluding hydrogens is 286 g/mol. The van der Waals surface area contributed by atoms with Gasteiger partial charge in [0.05, 0.1) is 4.90 Å². The third kappa shape index (κ3) is 4.35. The quantitative estimate of drug-likeness (QED) is 0.555. The number of nitrogens with two attached hydrogens (primary N) is 2. The van der Waals surface area contributed by atoms with Crippen molar-refractivity contribution < 1.29 is 8.42 Å². The van der Waals surface area contributed by atoms with E-state index in [4.69, 9.17) is 10.9 Å². The van der Waals surface area contributed by atoms with E-state index in [-0.39, 0.29) is 4.90 Å². The smallest absolute Gasteiger partial charge is 0.238 e. The van der Waals surface area contributed by atoms with Gasteiger partial charge in [-0.25, -0.2) is 13.6 Å². The zero-order chi connectivity index (χ0) is 15.5. The van der Waals surface area contributed by atoms with Crippen LogP contribution < -0.4 is 16.2 Å². The molecule has 2 rings (SSSR count). The van der Waals surface area contributed by atoms with Gasteiger partial charge in [-0.3, -0.25) is 0 Å². The molecule has 118 valence electrons. The molecule has 0 aliphatic heterocycles. The lowest BCUT2D eigenvalue weighted by Crippen LogP contribution is -2.15. The predicted octanol–water partition coefficient (Wildman–Crippen LogP) is 2.61. The van der Waals surface area contributed by atoms with Gasteiger partial charge in [-0.15, -0.1) is 0 Å². The van der Waals surface area contributed by atoms with E-state index in [2.05, 4.69) is 5.32 Å². The molecule has 1 aliphatic rings. The second kappa shape index (κ2) is 6.66. The SMILES string of the molecule is Cc1c(NCCCC2CCCC2)cc(N)cc1S(N)(=O)=O. The highest BCUT2D eigenvalue weighted by Gasteiger charge is 2.16. The summed E-state index contributed by atoms with van der Waals surface area (Å²) in [4.78, 5) is 0.0980. The minimum absolute atomic E-state index is 0.0980. The van der Waals surface area contributed by atoms with Crippen molar-refractivity contribution in [2.24, 2.45) is 11.1 Å². The van der Waals surface area contributed by atoms with Gasteiger partial charge < -0.3 is 11.1 Å². The minimum Gasteiger partial charge on any atom is -0.399 e. The van der Waals surface area contributed by atoms with Crippen molar-refractivity contribution >= 4 is 21.4 Å². The van der Waals surface area contributed by atoms with Crippen LogP contribution in [0.25, 0.3) is 0 Å². The van der Waals surface area contributed by atoms with Crippen LogP contribution in [0.15, 0.2) is 17.0 Å². The summed E-state index contributed by atoms with van der Waals surface area (Å²) >= 11 is 0. The lowest BCUT2D eigenvalue weighted by molar-refractivity contribution is 0.491. The van der Waals surface area contributed by atoms with Crippen LogP contribution in [0.2, 0.25) is 0 Å². The molecule has 1 fully saturated rings. The second-order valence-corrected chi connectivity index (χ2v) is 7.49. The molecule has 1 aromatic rings. The Morgan fingerprint density at radius 3 is 2.57 bits per heavy atom. The van der Waals surface area contributed by atoms with Crippen LogP contribution in [0.5, 0.6) is 0 Å². The Morgan fingerprint density at radius 2 is 1.95 bits per heavy atom. The highest BCUT2D eigenvalue weighted by molar-refractivity contribution is 7.89. The van der Waals surface area contributed by atoms with Gasteiger partial charge in [-0.05, 0) is 43.4 Å². The fourth-order valence-electron chi connectivity index (χ4n) is 3.10. The fourth-order valence-corrected chi connectivity index (χ4v) is 3.94. The Hall–Kier alpha value is -1.27. The van der Waals surface area contributed by atoms with Crippen molar-refractivity contribution in [1.82, 2.24) is 0 Å². The third-order valence-corrected chi connectivity index (χ3v) is 5.31. The molecule has 0 amide bonds. The zero-order valence-corrected chi connectivity index (χ0v) is 13.4. The lowest BCUT2D eigenvalue weighted by Gasteiger charge is -2.14. The van der Waals surface area contributed by atoms with E-state index in [0.717, 1.165) is 24.6 Å². The summed E-state index contributed by atoms with van der Waals surface area (Å²) in [5.74, 6) is 0.869. The van der Waals surface area contributed by atoms with Crippen LogP contribution in [-0.2, 0) is 10.0 Å². The maximum absolute atomic E-state index is 11.6. The van der Waals surface area contributed by atoms with E-state index in [0.29, 0.717) is 11.3 Å². The Balaban J connectivity index is 1.97. The molecule has 1 aromatic carbocycles. The first kappa shape index (κ1) is 16.1. The number of hydrogen-bond acceptors (Lipinski definition) is 4. The molecule has 0 bridgehead atoms. The zero-order valence-electron chi connectivity index (χ0n) is 12.6. The summed E-state index contributed by atoms with van der Waals surface area (Å²) in [5, 5.41) is 8.51. The van der Waals surface area contributed by atoms with Crippen LogP contribution in [0.3, 0.4) is 0 Å². The number of hydrogen-bond donors (Lipinski definition) is 3. The van der Waals surface area contributed by atoms with Crippen molar-refractivity contribution in [2.45, 2.75) is 50.3 Å². The summed E-state index contributed by atoms with van der Waals surface area (Å²) in [5.41, 5.74) is 7.56. The number of anilines is 2. The second-order valence-electron chi connectivity index (χ2n) is 5.96. The summed E-state index contributed by atoms with van der Waals surface area (Å²) in [6, 6.07) is 3.17. The summed E-state index contributed by atoms with van der Waals surface area (Å²) in [6.07, 6.45) is 7.76. The van der Waals surface area contributed by atoms with E-state index in [9.17, 15) is 8.42 Å². The topological polar surface area (TPSA) is 98.2 Å². The van der Waals surface area contributed by atoms with Gasteiger partial charge in [0.15, 0.2) is 0 Å². The molecule has 0 aromatic heterocycles. The average Bonchev–Trinajstić information content (AvgIpc) is 2.90. The molecule has 0 heterocycles. The average molecular weight is 311 g/mol. The van der Waals surface area contributed by atoms with Gasteiger partial charge in [-0.1, -0.05) is 25.7 Å². The number of rotatable bonds is 6. The van der Waals surface area contributed by atoms with Gasteiger partial charge in [0.1, 0.15) is 0 Å². The standard InChI is InChI=1S/C15H25N3O2S/c1-11-14(9-13(16)10-15(11)21(17,19)20)18-8-4-7-12-5-2-3-6-12/h9-10,12,18H,2-8,16H2,1H3,(H2,17,19,20). The van der Waals surface area contributed by atoms with Crippen LogP contribution in [0.1, 0.15) is 44.1 Å². The first-order chi connectivity index (χ1) is 9.88. The summed E-state index contributed by atoms with van der Waals surface area (Å²) in [7, 11) is -3.74. The van der Waals surface area contributed by atoms with E-state index in [1.54, 1.807) is 13.0 Å². The van der Waals surface area contributed by atoms with Gasteiger partial charge in [0, 0.05) is 17.9 Å². The molecule has 0 unspecified atom stereocenters. The lowest BCUT2D eigenvalue weighted by atomic mass is 10.0. The molecule has 21 heavy (non-hydrogen) atoms. The Labute approximate surface area is 127 Å². The van der Waals surface area contributed by atoms with E-state index in [1.807, 2.05) is 0 Å². The van der Waals surface area contributed by atoms with Crippen molar-refractivity contribution in [1.29, 1.82) is 0 Å². The Kier molecular flexibility index (Phi) is 5.11. The normalized spacial score (nSPS) is 16.3. The molecule has 1 aliphatic carbocycles. The fraction of sp³-hybridized carbons (Fsp3) is 0.600. The number of sulfonamides is 1. The first-order valence-electron chi connectivity index (χ1n) is 7.54. The number of benzene rings is 1. The largest absolute Gasteiger partial charge is 0.399 e. The highest BCUT2D eigenvalue weighted by atomic mass is 32.2. The van der Waals surface area contributed by atoms with Gasteiger partial charge in [0.2, 0.25) is 10.0 Å². The predicted molar refractivity (Wildman–Crippen MR) is 86.6 cm³/mol. The molecular formula is C15H25N3O2S. The van der Waals surface area contributed by atoms with Crippen LogP contribution >= 0.6 is 0 Å².